The van der Waals surface area contributed by atoms with Gasteiger partial charge in [0.25, 0.3) is 0 Å². The van der Waals surface area contributed by atoms with Crippen LogP contribution in [0.5, 0.6) is 5.75 Å². The van der Waals surface area contributed by atoms with Crippen LogP contribution in [0.25, 0.3) is 0 Å². The lowest BCUT2D eigenvalue weighted by atomic mass is 9.76. The van der Waals surface area contributed by atoms with Gasteiger partial charge < -0.3 is 14.7 Å². The van der Waals surface area contributed by atoms with Crippen molar-refractivity contribution in [3.63, 3.8) is 0 Å². The van der Waals surface area contributed by atoms with E-state index < -0.39 is 0 Å². The lowest BCUT2D eigenvalue weighted by Crippen LogP contribution is -2.31. The number of ether oxygens (including phenoxy) is 1. The van der Waals surface area contributed by atoms with Crippen LogP contribution in [0.2, 0.25) is 0 Å². The molecule has 5 nitrogen and oxygen atoms in total. The largest absolute Gasteiger partial charge is 0.511 e. The van der Waals surface area contributed by atoms with E-state index in [2.05, 4.69) is 5.16 Å². The van der Waals surface area contributed by atoms with E-state index in [0.29, 0.717) is 36.5 Å². The van der Waals surface area contributed by atoms with Crippen molar-refractivity contribution in [3.05, 3.63) is 41.2 Å². The first-order chi connectivity index (χ1) is 15.0. The van der Waals surface area contributed by atoms with E-state index in [1.807, 2.05) is 56.8 Å². The molecular weight excluding hydrogens is 410 g/mol. The van der Waals surface area contributed by atoms with Crippen LogP contribution >= 0.6 is 11.8 Å². The van der Waals surface area contributed by atoms with Crippen LogP contribution in [-0.2, 0) is 9.63 Å². The zero-order valence-corrected chi connectivity index (χ0v) is 19.7. The number of ketones is 1. The number of nitrogens with zero attached hydrogens (tertiary/aromatic N) is 1. The highest BCUT2D eigenvalue weighted by Crippen LogP contribution is 2.38. The van der Waals surface area contributed by atoms with E-state index in [0.717, 1.165) is 24.3 Å². The second-order valence-corrected chi connectivity index (χ2v) is 9.87. The van der Waals surface area contributed by atoms with Gasteiger partial charge in [0.15, 0.2) is 12.4 Å². The van der Waals surface area contributed by atoms with Gasteiger partial charge in [-0.3, -0.25) is 4.79 Å². The Bertz CT molecular complexity index is 796. The minimum atomic E-state index is -0.188. The molecule has 1 aromatic rings. The first kappa shape index (κ1) is 23.7. The molecule has 0 amide bonds. The zero-order chi connectivity index (χ0) is 22.2. The summed E-state index contributed by atoms with van der Waals surface area (Å²) in [6, 6.07) is 7.87. The first-order valence-electron chi connectivity index (χ1n) is 11.4. The Labute approximate surface area is 190 Å². The summed E-state index contributed by atoms with van der Waals surface area (Å²) >= 11 is 1.96. The monoisotopic (exact) mass is 445 g/mol. The zero-order valence-electron chi connectivity index (χ0n) is 18.9. The maximum Gasteiger partial charge on any atom is 0.168 e. The molecule has 0 bridgehead atoms. The number of carbonyl (C=O) groups excluding carboxylic acids is 1. The minimum absolute atomic E-state index is 0.00378. The summed E-state index contributed by atoms with van der Waals surface area (Å²) in [6.07, 6.45) is 4.67. The number of hydrogen-bond acceptors (Lipinski definition) is 6. The van der Waals surface area contributed by atoms with Crippen LogP contribution in [0.15, 0.2) is 40.8 Å². The number of thioether (sulfide) groups is 1. The van der Waals surface area contributed by atoms with Crippen molar-refractivity contribution in [1.82, 2.24) is 0 Å². The molecule has 0 aromatic heterocycles. The smallest absolute Gasteiger partial charge is 0.168 e. The van der Waals surface area contributed by atoms with Crippen LogP contribution in [0.1, 0.15) is 57.9 Å². The molecule has 1 aromatic carbocycles. The van der Waals surface area contributed by atoms with Crippen LogP contribution < -0.4 is 4.74 Å². The average molecular weight is 446 g/mol. The van der Waals surface area contributed by atoms with Gasteiger partial charge in [-0.15, -0.1) is 0 Å². The fraction of sp³-hybridized carbons (Fsp3) is 0.600. The summed E-state index contributed by atoms with van der Waals surface area (Å²) in [5.74, 6) is 4.05. The predicted molar refractivity (Wildman–Crippen MR) is 127 cm³/mol. The van der Waals surface area contributed by atoms with E-state index in [1.165, 1.54) is 17.7 Å². The van der Waals surface area contributed by atoms with Crippen molar-refractivity contribution < 1.29 is 19.5 Å². The molecule has 6 heteroatoms. The number of hydrogen-bond donors (Lipinski definition) is 1. The first-order valence-corrected chi connectivity index (χ1v) is 12.6. The van der Waals surface area contributed by atoms with Crippen molar-refractivity contribution >= 4 is 23.3 Å². The Morgan fingerprint density at radius 3 is 2.68 bits per heavy atom. The molecule has 1 aliphatic carbocycles. The Balaban J connectivity index is 1.62. The van der Waals surface area contributed by atoms with Crippen molar-refractivity contribution in [2.45, 2.75) is 65.4 Å². The number of allylic oxidation sites excluding steroid dienone is 2. The number of aliphatic hydroxyl groups is 1. The van der Waals surface area contributed by atoms with E-state index >= 15 is 0 Å². The van der Waals surface area contributed by atoms with Crippen molar-refractivity contribution in [1.29, 1.82) is 0 Å². The second-order valence-electron chi connectivity index (χ2n) is 8.72. The molecule has 0 radical (unpaired) electrons. The third kappa shape index (κ3) is 6.76. The lowest BCUT2D eigenvalue weighted by molar-refractivity contribution is -0.117. The van der Waals surface area contributed by atoms with Crippen LogP contribution in [0.3, 0.4) is 0 Å². The molecule has 1 fully saturated rings. The Morgan fingerprint density at radius 1 is 1.26 bits per heavy atom. The normalized spacial score (nSPS) is 23.6. The maximum atomic E-state index is 13.0. The summed E-state index contributed by atoms with van der Waals surface area (Å²) in [7, 11) is 0. The number of aryl methyl sites for hydroxylation is 1. The fourth-order valence-corrected chi connectivity index (χ4v) is 5.56. The molecule has 0 saturated carbocycles. The van der Waals surface area contributed by atoms with E-state index in [1.54, 1.807) is 0 Å². The van der Waals surface area contributed by atoms with Gasteiger partial charge in [0, 0.05) is 12.8 Å². The van der Waals surface area contributed by atoms with E-state index in [9.17, 15) is 9.90 Å². The van der Waals surface area contributed by atoms with Gasteiger partial charge in [-0.05, 0) is 68.6 Å². The molecule has 2 aliphatic rings. The average Bonchev–Trinajstić information content (AvgIpc) is 2.75. The molecule has 1 saturated heterocycles. The number of Topliss-reactive ketones (excluding diaryl/α,β-unsaturated/α-hetero) is 1. The van der Waals surface area contributed by atoms with Gasteiger partial charge in [-0.25, -0.2) is 0 Å². The molecule has 31 heavy (non-hydrogen) atoms. The summed E-state index contributed by atoms with van der Waals surface area (Å²) in [4.78, 5) is 18.5. The van der Waals surface area contributed by atoms with Crippen LogP contribution in [0, 0.1) is 18.8 Å². The SMILES string of the molecule is CCC/C(=N\OCC(C)Oc1ccc(C)cc1)C1=C(O)CC(C2CCCSC2)CC1=O. The fourth-order valence-electron chi connectivity index (χ4n) is 4.28. The highest BCUT2D eigenvalue weighted by Gasteiger charge is 2.35. The minimum Gasteiger partial charge on any atom is -0.511 e. The number of benzene rings is 1. The molecule has 170 valence electrons. The molecular formula is C25H35NO4S. The summed E-state index contributed by atoms with van der Waals surface area (Å²) in [5.41, 5.74) is 2.12. The number of oxime groups is 1. The van der Waals surface area contributed by atoms with Crippen LogP contribution in [-0.4, -0.2) is 40.8 Å². The highest BCUT2D eigenvalue weighted by molar-refractivity contribution is 7.99. The quantitative estimate of drug-likeness (QED) is 0.380. The van der Waals surface area contributed by atoms with Gasteiger partial charge in [-0.1, -0.05) is 36.2 Å². The standard InChI is InChI=1S/C25H35NO4S/c1-4-6-22(26-29-15-18(3)30-21-10-8-17(2)9-11-21)25-23(27)13-20(14-24(25)28)19-7-5-12-31-16-19/h8-11,18-20,27H,4-7,12-16H2,1-3H3/b26-22+. The maximum absolute atomic E-state index is 13.0. The molecule has 1 N–H and O–H groups in total. The number of carbonyl (C=O) groups is 1. The van der Waals surface area contributed by atoms with Gasteiger partial charge in [0.05, 0.1) is 11.3 Å². The van der Waals surface area contributed by atoms with Crippen molar-refractivity contribution in [2.24, 2.45) is 17.0 Å². The lowest BCUT2D eigenvalue weighted by Gasteiger charge is -2.32. The third-order valence-electron chi connectivity index (χ3n) is 5.95. The summed E-state index contributed by atoms with van der Waals surface area (Å²) in [5, 5.41) is 15.0. The van der Waals surface area contributed by atoms with Crippen molar-refractivity contribution in [2.75, 3.05) is 18.1 Å². The van der Waals surface area contributed by atoms with Crippen LogP contribution in [0.4, 0.5) is 0 Å². The molecule has 1 heterocycles. The van der Waals surface area contributed by atoms with Gasteiger partial charge >= 0.3 is 0 Å². The number of rotatable bonds is 9. The van der Waals surface area contributed by atoms with E-state index in [4.69, 9.17) is 9.57 Å². The van der Waals surface area contributed by atoms with Gasteiger partial charge in [-0.2, -0.15) is 11.8 Å². The predicted octanol–water partition coefficient (Wildman–Crippen LogP) is 5.87. The Hall–Kier alpha value is -1.95. The number of aliphatic hydroxyl groups excluding tert-OH is 1. The van der Waals surface area contributed by atoms with Gasteiger partial charge in [0.2, 0.25) is 0 Å². The molecule has 1 aliphatic heterocycles. The second kappa shape index (κ2) is 11.6. The Morgan fingerprint density at radius 2 is 2.03 bits per heavy atom. The Kier molecular flexibility index (Phi) is 8.88. The summed E-state index contributed by atoms with van der Waals surface area (Å²) < 4.78 is 5.86. The van der Waals surface area contributed by atoms with Gasteiger partial charge in [0.1, 0.15) is 17.6 Å². The third-order valence-corrected chi connectivity index (χ3v) is 7.19. The summed E-state index contributed by atoms with van der Waals surface area (Å²) in [6.45, 7) is 6.26. The topological polar surface area (TPSA) is 68.1 Å². The van der Waals surface area contributed by atoms with E-state index in [-0.39, 0.29) is 30.2 Å². The highest BCUT2D eigenvalue weighted by atomic mass is 32.2. The molecule has 3 unspecified atom stereocenters. The van der Waals surface area contributed by atoms with Crippen molar-refractivity contribution in [3.8, 4) is 5.75 Å². The molecule has 0 spiro atoms. The molecule has 3 rings (SSSR count). The molecule has 3 atom stereocenters.